The largest absolute Gasteiger partial charge is 0.472 e. The van der Waals surface area contributed by atoms with E-state index >= 15 is 0 Å². The van der Waals surface area contributed by atoms with Crippen molar-refractivity contribution in [2.75, 3.05) is 13.7 Å². The van der Waals surface area contributed by atoms with Gasteiger partial charge in [0, 0.05) is 34.5 Å². The molecule has 0 aliphatic carbocycles. The van der Waals surface area contributed by atoms with Crippen LogP contribution in [-0.2, 0) is 20.7 Å². The lowest BCUT2D eigenvalue weighted by Gasteiger charge is -2.36. The van der Waals surface area contributed by atoms with E-state index in [1.807, 2.05) is 12.1 Å². The molecule has 0 amide bonds. The van der Waals surface area contributed by atoms with Gasteiger partial charge >= 0.3 is 5.97 Å². The minimum Gasteiger partial charge on any atom is -0.472 e. The van der Waals surface area contributed by atoms with Crippen molar-refractivity contribution in [3.63, 3.8) is 0 Å². The zero-order chi connectivity index (χ0) is 19.0. The van der Waals surface area contributed by atoms with E-state index in [2.05, 4.69) is 29.0 Å². The Bertz CT molecular complexity index is 901. The summed E-state index contributed by atoms with van der Waals surface area (Å²) in [5, 5.41) is 15.0. The van der Waals surface area contributed by atoms with Crippen LogP contribution in [0.25, 0.3) is 10.9 Å². The van der Waals surface area contributed by atoms with Crippen LogP contribution < -0.4 is 5.32 Å². The first-order chi connectivity index (χ1) is 13.1. The molecule has 2 aliphatic rings. The van der Waals surface area contributed by atoms with Crippen LogP contribution in [0.4, 0.5) is 0 Å². The third-order valence-electron chi connectivity index (χ3n) is 5.67. The highest BCUT2D eigenvalue weighted by Gasteiger charge is 2.39. The molecule has 2 aliphatic heterocycles. The average Bonchev–Trinajstić information content (AvgIpc) is 3.07. The summed E-state index contributed by atoms with van der Waals surface area (Å²) in [4.78, 5) is 15.8. The Hall–Kier alpha value is -2.57. The molecule has 0 bridgehead atoms. The summed E-state index contributed by atoms with van der Waals surface area (Å²) in [5.74, 6) is -1.08. The van der Waals surface area contributed by atoms with Gasteiger partial charge in [0.2, 0.25) is 6.29 Å². The molecular formula is C21H24N2O4. The maximum Gasteiger partial charge on any atom is 0.337 e. The summed E-state index contributed by atoms with van der Waals surface area (Å²) in [7, 11) is 1.35. The van der Waals surface area contributed by atoms with Gasteiger partial charge in [-0.1, -0.05) is 24.3 Å². The number of carbonyl (C=O) groups is 1. The number of para-hydroxylation sites is 1. The van der Waals surface area contributed by atoms with Gasteiger partial charge in [-0.3, -0.25) is 0 Å². The van der Waals surface area contributed by atoms with Crippen LogP contribution in [-0.4, -0.2) is 36.0 Å². The van der Waals surface area contributed by atoms with Gasteiger partial charge in [-0.25, -0.2) is 4.79 Å². The molecule has 6 heteroatoms. The van der Waals surface area contributed by atoms with Crippen molar-refractivity contribution in [3.8, 4) is 0 Å². The van der Waals surface area contributed by atoms with E-state index < -0.39 is 12.3 Å². The van der Waals surface area contributed by atoms with Crippen LogP contribution >= 0.6 is 0 Å². The number of methoxy groups -OCH3 is 1. The molecule has 0 fully saturated rings. The summed E-state index contributed by atoms with van der Waals surface area (Å²) in [5.41, 5.74) is 4.01. The molecule has 0 unspecified atom stereocenters. The SMILES string of the molecule is C=C[C@H]1[C@H](O)OC=C(C(=O)OC)[C@H]1C[C@@H]1NCCc2c1[nH]c1ccccc21. The van der Waals surface area contributed by atoms with Crippen molar-refractivity contribution >= 4 is 16.9 Å². The van der Waals surface area contributed by atoms with E-state index in [1.54, 1.807) is 6.08 Å². The molecule has 4 atom stereocenters. The van der Waals surface area contributed by atoms with Crippen molar-refractivity contribution in [1.82, 2.24) is 10.3 Å². The molecule has 2 aromatic rings. The minimum atomic E-state index is -1.02. The van der Waals surface area contributed by atoms with E-state index in [0.717, 1.165) is 24.2 Å². The maximum absolute atomic E-state index is 12.3. The van der Waals surface area contributed by atoms with Crippen LogP contribution in [0.1, 0.15) is 23.7 Å². The number of H-pyrrole nitrogens is 1. The molecule has 4 rings (SSSR count). The topological polar surface area (TPSA) is 83.6 Å². The standard InChI is InChI=1S/C21H24N2O4/c1-3-12-15(16(20(24)26-2)11-27-21(12)25)10-18-19-14(8-9-22-18)13-6-4-5-7-17(13)23-19/h3-7,11-12,15,18,21-23,25H,1,8-10H2,2H3/t12-,15+,18+,21-/m1/s1. The van der Waals surface area contributed by atoms with Gasteiger partial charge in [-0.2, -0.15) is 0 Å². The van der Waals surface area contributed by atoms with Gasteiger partial charge in [0.05, 0.1) is 18.9 Å². The molecule has 1 aromatic carbocycles. The van der Waals surface area contributed by atoms with E-state index in [-0.39, 0.29) is 17.9 Å². The molecule has 142 valence electrons. The molecule has 3 N–H and O–H groups in total. The highest BCUT2D eigenvalue weighted by molar-refractivity contribution is 5.89. The molecular weight excluding hydrogens is 344 g/mol. The van der Waals surface area contributed by atoms with Gasteiger partial charge in [-0.15, -0.1) is 6.58 Å². The molecule has 6 nitrogen and oxygen atoms in total. The Kier molecular flexibility index (Phi) is 4.76. The number of aliphatic hydroxyl groups is 1. The Morgan fingerprint density at radius 3 is 3.04 bits per heavy atom. The van der Waals surface area contributed by atoms with Crippen molar-refractivity contribution in [3.05, 3.63) is 60.0 Å². The number of aromatic amines is 1. The van der Waals surface area contributed by atoms with Crippen LogP contribution in [0.5, 0.6) is 0 Å². The molecule has 3 heterocycles. The van der Waals surface area contributed by atoms with Crippen molar-refractivity contribution in [2.24, 2.45) is 11.8 Å². The third kappa shape index (κ3) is 3.05. The molecule has 0 radical (unpaired) electrons. The van der Waals surface area contributed by atoms with Crippen molar-refractivity contribution in [2.45, 2.75) is 25.2 Å². The monoisotopic (exact) mass is 368 g/mol. The Labute approximate surface area is 157 Å². The summed E-state index contributed by atoms with van der Waals surface area (Å²) < 4.78 is 10.2. The zero-order valence-corrected chi connectivity index (χ0v) is 15.3. The lowest BCUT2D eigenvalue weighted by Crippen LogP contribution is -2.39. The summed E-state index contributed by atoms with van der Waals surface area (Å²) in [6.07, 6.45) is 3.54. The van der Waals surface area contributed by atoms with Crippen LogP contribution in [0.15, 0.2) is 48.8 Å². The number of carbonyl (C=O) groups excluding carboxylic acids is 1. The molecule has 0 spiro atoms. The number of aliphatic hydroxyl groups excluding tert-OH is 1. The second-order valence-corrected chi connectivity index (χ2v) is 7.07. The fourth-order valence-corrected chi connectivity index (χ4v) is 4.33. The van der Waals surface area contributed by atoms with E-state index in [1.165, 1.54) is 24.3 Å². The fourth-order valence-electron chi connectivity index (χ4n) is 4.33. The number of hydrogen-bond donors (Lipinski definition) is 3. The van der Waals surface area contributed by atoms with Gasteiger partial charge in [0.1, 0.15) is 0 Å². The average molecular weight is 368 g/mol. The quantitative estimate of drug-likeness (QED) is 0.571. The summed E-state index contributed by atoms with van der Waals surface area (Å²) in [6, 6.07) is 8.32. The first kappa shape index (κ1) is 17.8. The predicted molar refractivity (Wildman–Crippen MR) is 102 cm³/mol. The number of nitrogens with one attached hydrogen (secondary N) is 2. The summed E-state index contributed by atoms with van der Waals surface area (Å²) in [6.45, 7) is 4.69. The normalized spacial score (nSPS) is 27.4. The van der Waals surface area contributed by atoms with Crippen molar-refractivity contribution < 1.29 is 19.4 Å². The molecule has 1 aromatic heterocycles. The Balaban J connectivity index is 1.70. The molecule has 0 saturated heterocycles. The van der Waals surface area contributed by atoms with Crippen LogP contribution in [0.2, 0.25) is 0 Å². The van der Waals surface area contributed by atoms with Gasteiger partial charge in [0.25, 0.3) is 0 Å². The number of esters is 1. The Morgan fingerprint density at radius 1 is 1.44 bits per heavy atom. The number of aromatic nitrogens is 1. The van der Waals surface area contributed by atoms with Gasteiger partial charge in [0.15, 0.2) is 0 Å². The van der Waals surface area contributed by atoms with Gasteiger partial charge in [-0.05, 0) is 31.0 Å². The van der Waals surface area contributed by atoms with Crippen LogP contribution in [0.3, 0.4) is 0 Å². The first-order valence-corrected chi connectivity index (χ1v) is 9.21. The maximum atomic E-state index is 12.3. The number of fused-ring (bicyclic) bond motifs is 3. The van der Waals surface area contributed by atoms with E-state index in [4.69, 9.17) is 9.47 Å². The highest BCUT2D eigenvalue weighted by atomic mass is 16.6. The number of hydrogen-bond acceptors (Lipinski definition) is 5. The smallest absolute Gasteiger partial charge is 0.337 e. The van der Waals surface area contributed by atoms with E-state index in [0.29, 0.717) is 12.0 Å². The van der Waals surface area contributed by atoms with Crippen LogP contribution in [0, 0.1) is 11.8 Å². The lowest BCUT2D eigenvalue weighted by molar-refractivity contribution is -0.142. The third-order valence-corrected chi connectivity index (χ3v) is 5.67. The summed E-state index contributed by atoms with van der Waals surface area (Å²) >= 11 is 0. The fraction of sp³-hybridized carbons (Fsp3) is 0.381. The number of benzene rings is 1. The lowest BCUT2D eigenvalue weighted by atomic mass is 9.78. The second-order valence-electron chi connectivity index (χ2n) is 7.07. The number of ether oxygens (including phenoxy) is 2. The molecule has 27 heavy (non-hydrogen) atoms. The number of rotatable bonds is 4. The van der Waals surface area contributed by atoms with Gasteiger partial charge < -0.3 is 24.9 Å². The highest BCUT2D eigenvalue weighted by Crippen LogP contribution is 2.40. The first-order valence-electron chi connectivity index (χ1n) is 9.21. The zero-order valence-electron chi connectivity index (χ0n) is 15.3. The second kappa shape index (κ2) is 7.21. The van der Waals surface area contributed by atoms with E-state index in [9.17, 15) is 9.90 Å². The molecule has 0 saturated carbocycles. The van der Waals surface area contributed by atoms with Crippen molar-refractivity contribution in [1.29, 1.82) is 0 Å². The predicted octanol–water partition coefficient (Wildman–Crippen LogP) is 2.57. The minimum absolute atomic E-state index is 0.0342. The Morgan fingerprint density at radius 2 is 2.26 bits per heavy atom.